The van der Waals surface area contributed by atoms with Crippen LogP contribution >= 0.6 is 0 Å². The Morgan fingerprint density at radius 2 is 1.80 bits per heavy atom. The third-order valence-electron chi connectivity index (χ3n) is 4.90. The van der Waals surface area contributed by atoms with Crippen LogP contribution in [0.5, 0.6) is 0 Å². The van der Waals surface area contributed by atoms with Crippen LogP contribution in [0.1, 0.15) is 0 Å². The lowest BCUT2D eigenvalue weighted by atomic mass is 10.1. The number of nitrogens with zero attached hydrogens (tertiary/aromatic N) is 4. The zero-order valence-corrected chi connectivity index (χ0v) is 17.1. The van der Waals surface area contributed by atoms with Crippen molar-refractivity contribution in [2.45, 2.75) is 0 Å². The van der Waals surface area contributed by atoms with E-state index >= 15 is 0 Å². The van der Waals surface area contributed by atoms with E-state index in [2.05, 4.69) is 25.7 Å². The van der Waals surface area contributed by atoms with E-state index in [0.717, 1.165) is 39.5 Å². The molecule has 3 heterocycles. The van der Waals surface area contributed by atoms with E-state index in [0.29, 0.717) is 17.0 Å². The van der Waals surface area contributed by atoms with Gasteiger partial charge >= 0.3 is 0 Å². The standard InChI is InChI=1S/C21H18N6O2S/c1-27-12-24-17-8-5-14(9-19(17)27)16-10-22-21-20(16)25-18(11-23-21)13-3-6-15(7-4-13)26-30(2,28)29/h3-12,26H,1-2H3,(H,22,23). The maximum atomic E-state index is 11.4. The summed E-state index contributed by atoms with van der Waals surface area (Å²) < 4.78 is 27.2. The van der Waals surface area contributed by atoms with E-state index in [-0.39, 0.29) is 0 Å². The van der Waals surface area contributed by atoms with Crippen molar-refractivity contribution in [2.75, 3.05) is 11.0 Å². The largest absolute Gasteiger partial charge is 0.344 e. The second-order valence-electron chi connectivity index (χ2n) is 7.17. The number of benzene rings is 2. The number of aromatic nitrogens is 5. The van der Waals surface area contributed by atoms with Crippen molar-refractivity contribution >= 4 is 37.9 Å². The minimum Gasteiger partial charge on any atom is -0.344 e. The number of hydrogen-bond donors (Lipinski definition) is 2. The summed E-state index contributed by atoms with van der Waals surface area (Å²) >= 11 is 0. The van der Waals surface area contributed by atoms with Crippen LogP contribution in [0.2, 0.25) is 0 Å². The fraction of sp³-hybridized carbons (Fsp3) is 0.0952. The Balaban J connectivity index is 1.56. The molecule has 0 spiro atoms. The Morgan fingerprint density at radius 3 is 2.57 bits per heavy atom. The van der Waals surface area contributed by atoms with E-state index in [1.54, 1.807) is 24.7 Å². The number of hydrogen-bond acceptors (Lipinski definition) is 5. The predicted octanol–water partition coefficient (Wildman–Crippen LogP) is 3.55. The number of H-pyrrole nitrogens is 1. The van der Waals surface area contributed by atoms with Crippen LogP contribution in [0, 0.1) is 0 Å². The molecule has 0 aliphatic rings. The lowest BCUT2D eigenvalue weighted by Gasteiger charge is -2.06. The Kier molecular flexibility index (Phi) is 4.07. The Labute approximate surface area is 172 Å². The molecule has 8 nitrogen and oxygen atoms in total. The van der Waals surface area contributed by atoms with Crippen molar-refractivity contribution in [1.29, 1.82) is 0 Å². The maximum absolute atomic E-state index is 11.4. The van der Waals surface area contributed by atoms with Gasteiger partial charge in [-0.25, -0.2) is 23.4 Å². The third-order valence-corrected chi connectivity index (χ3v) is 5.51. The van der Waals surface area contributed by atoms with Gasteiger partial charge in [0.05, 0.1) is 35.5 Å². The van der Waals surface area contributed by atoms with Gasteiger partial charge in [0, 0.05) is 30.1 Å². The molecule has 150 valence electrons. The highest BCUT2D eigenvalue weighted by molar-refractivity contribution is 7.92. The highest BCUT2D eigenvalue weighted by atomic mass is 32.2. The van der Waals surface area contributed by atoms with Gasteiger partial charge in [-0.2, -0.15) is 0 Å². The van der Waals surface area contributed by atoms with Crippen LogP contribution in [0.25, 0.3) is 44.6 Å². The van der Waals surface area contributed by atoms with Gasteiger partial charge in [-0.05, 0) is 29.8 Å². The fourth-order valence-corrected chi connectivity index (χ4v) is 4.03. The highest BCUT2D eigenvalue weighted by Crippen LogP contribution is 2.30. The number of imidazole rings is 1. The summed E-state index contributed by atoms with van der Waals surface area (Å²) in [5.74, 6) is 0. The van der Waals surface area contributed by atoms with Crippen molar-refractivity contribution in [1.82, 2.24) is 24.5 Å². The number of fused-ring (bicyclic) bond motifs is 2. The van der Waals surface area contributed by atoms with Gasteiger partial charge in [0.2, 0.25) is 10.0 Å². The Morgan fingerprint density at radius 1 is 1.03 bits per heavy atom. The predicted molar refractivity (Wildman–Crippen MR) is 117 cm³/mol. The second kappa shape index (κ2) is 6.67. The number of nitrogens with one attached hydrogen (secondary N) is 2. The zero-order chi connectivity index (χ0) is 20.9. The molecular weight excluding hydrogens is 400 g/mol. The Hall–Kier alpha value is -3.72. The van der Waals surface area contributed by atoms with E-state index in [1.165, 1.54) is 0 Å². The van der Waals surface area contributed by atoms with Gasteiger partial charge in [-0.15, -0.1) is 0 Å². The lowest BCUT2D eigenvalue weighted by molar-refractivity contribution is 0.607. The maximum Gasteiger partial charge on any atom is 0.229 e. The first-order chi connectivity index (χ1) is 14.4. The van der Waals surface area contributed by atoms with E-state index in [9.17, 15) is 8.42 Å². The molecule has 5 rings (SSSR count). The van der Waals surface area contributed by atoms with Gasteiger partial charge in [0.15, 0.2) is 5.65 Å². The molecule has 0 fully saturated rings. The van der Waals surface area contributed by atoms with Crippen molar-refractivity contribution in [3.63, 3.8) is 0 Å². The number of anilines is 1. The molecular formula is C21H18N6O2S. The quantitative estimate of drug-likeness (QED) is 0.464. The van der Waals surface area contributed by atoms with Gasteiger partial charge in [-0.3, -0.25) is 4.72 Å². The Bertz CT molecular complexity index is 1500. The molecule has 0 bridgehead atoms. The van der Waals surface area contributed by atoms with Gasteiger partial charge in [0.1, 0.15) is 5.52 Å². The van der Waals surface area contributed by atoms with Gasteiger partial charge in [-0.1, -0.05) is 18.2 Å². The average molecular weight is 418 g/mol. The normalized spacial score (nSPS) is 11.9. The van der Waals surface area contributed by atoms with Gasteiger partial charge in [0.25, 0.3) is 0 Å². The molecule has 0 aliphatic heterocycles. The van der Waals surface area contributed by atoms with Gasteiger partial charge < -0.3 is 9.55 Å². The van der Waals surface area contributed by atoms with E-state index < -0.39 is 10.0 Å². The topological polar surface area (TPSA) is 106 Å². The smallest absolute Gasteiger partial charge is 0.229 e. The summed E-state index contributed by atoms with van der Waals surface area (Å²) in [5.41, 5.74) is 7.49. The molecule has 2 N–H and O–H groups in total. The molecule has 0 radical (unpaired) electrons. The van der Waals surface area contributed by atoms with Crippen LogP contribution in [-0.4, -0.2) is 39.2 Å². The minimum atomic E-state index is -3.32. The summed E-state index contributed by atoms with van der Waals surface area (Å²) in [6.07, 6.45) is 6.53. The first-order valence-corrected chi connectivity index (χ1v) is 11.1. The van der Waals surface area contributed by atoms with Crippen LogP contribution in [-0.2, 0) is 17.1 Å². The molecule has 0 amide bonds. The first-order valence-electron chi connectivity index (χ1n) is 9.21. The number of aromatic amines is 1. The average Bonchev–Trinajstić information content (AvgIpc) is 3.30. The van der Waals surface area contributed by atoms with Crippen LogP contribution in [0.3, 0.4) is 0 Å². The molecule has 30 heavy (non-hydrogen) atoms. The van der Waals surface area contributed by atoms with E-state index in [4.69, 9.17) is 4.98 Å². The first kappa shape index (κ1) is 18.3. The SMILES string of the molecule is Cn1cnc2ccc(-c3c[nH]c4ncc(-c5ccc(NS(C)(=O)=O)cc5)nc34)cc21. The van der Waals surface area contributed by atoms with Crippen molar-refractivity contribution in [3.8, 4) is 22.4 Å². The number of sulfonamides is 1. The molecule has 2 aromatic carbocycles. The van der Waals surface area contributed by atoms with Crippen molar-refractivity contribution in [3.05, 3.63) is 61.2 Å². The zero-order valence-electron chi connectivity index (χ0n) is 16.3. The molecule has 9 heteroatoms. The van der Waals surface area contributed by atoms with Crippen LogP contribution in [0.15, 0.2) is 61.2 Å². The van der Waals surface area contributed by atoms with Crippen LogP contribution in [0.4, 0.5) is 5.69 Å². The van der Waals surface area contributed by atoms with Crippen molar-refractivity contribution in [2.24, 2.45) is 7.05 Å². The fourth-order valence-electron chi connectivity index (χ4n) is 3.47. The lowest BCUT2D eigenvalue weighted by Crippen LogP contribution is -2.09. The summed E-state index contributed by atoms with van der Waals surface area (Å²) in [4.78, 5) is 16.9. The van der Waals surface area contributed by atoms with Crippen LogP contribution < -0.4 is 4.72 Å². The molecule has 0 saturated heterocycles. The number of rotatable bonds is 4. The van der Waals surface area contributed by atoms with Crippen molar-refractivity contribution < 1.29 is 8.42 Å². The highest BCUT2D eigenvalue weighted by Gasteiger charge is 2.12. The molecule has 0 aliphatic carbocycles. The minimum absolute atomic E-state index is 0.502. The molecule has 3 aromatic heterocycles. The summed E-state index contributed by atoms with van der Waals surface area (Å²) in [5, 5.41) is 0. The third kappa shape index (κ3) is 3.29. The summed E-state index contributed by atoms with van der Waals surface area (Å²) in [7, 11) is -1.35. The summed E-state index contributed by atoms with van der Waals surface area (Å²) in [6, 6.07) is 13.2. The molecule has 5 aromatic rings. The second-order valence-corrected chi connectivity index (χ2v) is 8.91. The summed E-state index contributed by atoms with van der Waals surface area (Å²) in [6.45, 7) is 0. The monoisotopic (exact) mass is 418 g/mol. The molecule has 0 unspecified atom stereocenters. The molecule has 0 atom stereocenters. The van der Waals surface area contributed by atoms with E-state index in [1.807, 2.05) is 42.1 Å². The number of aryl methyl sites for hydroxylation is 1. The molecule has 0 saturated carbocycles.